The van der Waals surface area contributed by atoms with Crippen LogP contribution in [0.5, 0.6) is 11.5 Å². The molecular formula is C36H40BrN3O6S. The molecule has 0 saturated carbocycles. The monoisotopic (exact) mass is 721 g/mol. The summed E-state index contributed by atoms with van der Waals surface area (Å²) in [4.78, 5) is 29.9. The minimum Gasteiger partial charge on any atom is -0.493 e. The normalized spacial score (nSPS) is 11.9. The molecule has 0 aliphatic rings. The molecule has 0 fully saturated rings. The van der Waals surface area contributed by atoms with Gasteiger partial charge in [0.1, 0.15) is 12.6 Å². The maximum absolute atomic E-state index is 14.6. The van der Waals surface area contributed by atoms with Gasteiger partial charge in [0.15, 0.2) is 11.5 Å². The number of carbonyl (C=O) groups is 2. The summed E-state index contributed by atoms with van der Waals surface area (Å²) in [7, 11) is -1.33. The molecule has 1 N–H and O–H groups in total. The first kappa shape index (κ1) is 35.5. The van der Waals surface area contributed by atoms with Gasteiger partial charge in [-0.1, -0.05) is 76.1 Å². The fourth-order valence-electron chi connectivity index (χ4n) is 5.11. The summed E-state index contributed by atoms with van der Waals surface area (Å²) >= 11 is 3.50. The molecule has 0 heterocycles. The number of amides is 2. The highest BCUT2D eigenvalue weighted by Crippen LogP contribution is 2.34. The predicted molar refractivity (Wildman–Crippen MR) is 187 cm³/mol. The van der Waals surface area contributed by atoms with Crippen molar-refractivity contribution in [3.63, 3.8) is 0 Å². The van der Waals surface area contributed by atoms with E-state index in [9.17, 15) is 18.0 Å². The van der Waals surface area contributed by atoms with Crippen LogP contribution in [0.25, 0.3) is 0 Å². The van der Waals surface area contributed by atoms with E-state index in [2.05, 4.69) is 21.2 Å². The van der Waals surface area contributed by atoms with Crippen molar-refractivity contribution in [1.82, 2.24) is 10.2 Å². The van der Waals surface area contributed by atoms with E-state index < -0.39 is 28.5 Å². The van der Waals surface area contributed by atoms with Crippen LogP contribution < -0.4 is 19.1 Å². The third-order valence-electron chi connectivity index (χ3n) is 7.49. The lowest BCUT2D eigenvalue weighted by Crippen LogP contribution is -2.54. The summed E-state index contributed by atoms with van der Waals surface area (Å²) in [5.74, 6) is -0.202. The Labute approximate surface area is 285 Å². The number of sulfonamides is 1. The molecule has 47 heavy (non-hydrogen) atoms. The maximum atomic E-state index is 14.6. The van der Waals surface area contributed by atoms with Gasteiger partial charge in [-0.15, -0.1) is 0 Å². The van der Waals surface area contributed by atoms with E-state index in [-0.39, 0.29) is 35.5 Å². The summed E-state index contributed by atoms with van der Waals surface area (Å²) in [5.41, 5.74) is 2.71. The van der Waals surface area contributed by atoms with Crippen LogP contribution in [0, 0.1) is 6.92 Å². The van der Waals surface area contributed by atoms with E-state index in [0.717, 1.165) is 25.5 Å². The summed E-state index contributed by atoms with van der Waals surface area (Å²) in [6, 6.07) is 26.8. The quantitative estimate of drug-likeness (QED) is 0.168. The summed E-state index contributed by atoms with van der Waals surface area (Å²) in [6.07, 6.45) is 0.222. The third-order valence-corrected chi connectivity index (χ3v) is 9.77. The lowest BCUT2D eigenvalue weighted by Gasteiger charge is -2.34. The van der Waals surface area contributed by atoms with Gasteiger partial charge in [-0.25, -0.2) is 8.42 Å². The molecule has 0 radical (unpaired) electrons. The van der Waals surface area contributed by atoms with Gasteiger partial charge in [-0.3, -0.25) is 13.9 Å². The number of rotatable bonds is 14. The molecule has 0 bridgehead atoms. The number of benzene rings is 4. The number of halogens is 1. The van der Waals surface area contributed by atoms with Gasteiger partial charge < -0.3 is 19.7 Å². The molecule has 4 rings (SSSR count). The second-order valence-corrected chi connectivity index (χ2v) is 14.2. The van der Waals surface area contributed by atoms with Gasteiger partial charge in [0.25, 0.3) is 10.0 Å². The van der Waals surface area contributed by atoms with Crippen LogP contribution in [0.4, 0.5) is 5.69 Å². The van der Waals surface area contributed by atoms with Crippen molar-refractivity contribution in [1.29, 1.82) is 0 Å². The van der Waals surface area contributed by atoms with E-state index in [1.165, 1.54) is 37.3 Å². The van der Waals surface area contributed by atoms with Crippen molar-refractivity contribution in [3.05, 3.63) is 118 Å². The van der Waals surface area contributed by atoms with E-state index in [1.54, 1.807) is 24.3 Å². The molecule has 4 aromatic rings. The van der Waals surface area contributed by atoms with Crippen molar-refractivity contribution in [3.8, 4) is 11.5 Å². The average molecular weight is 723 g/mol. The van der Waals surface area contributed by atoms with Crippen molar-refractivity contribution >= 4 is 43.5 Å². The number of methoxy groups -OCH3 is 2. The summed E-state index contributed by atoms with van der Waals surface area (Å²) in [5, 5.41) is 2.97. The topological polar surface area (TPSA) is 105 Å². The highest BCUT2D eigenvalue weighted by Gasteiger charge is 2.35. The highest BCUT2D eigenvalue weighted by atomic mass is 79.9. The first-order valence-electron chi connectivity index (χ1n) is 15.1. The van der Waals surface area contributed by atoms with Crippen molar-refractivity contribution in [2.75, 3.05) is 25.1 Å². The summed E-state index contributed by atoms with van der Waals surface area (Å²) < 4.78 is 41.3. The standard InChI is InChI=1S/C36H40BrN3O6S/c1-25(2)38-36(42)32(21-27-10-7-6-8-11-27)39(23-28-12-9-13-29(37)20-28)35(41)24-40(30-16-19-33(45-4)34(22-30)46-5)47(43,44)31-17-14-26(3)15-18-31/h6-20,22,25,32H,21,23-24H2,1-5H3,(H,38,42)/t32-/m0/s1. The number of anilines is 1. The number of nitrogens with one attached hydrogen (secondary N) is 1. The molecule has 0 saturated heterocycles. The van der Waals surface area contributed by atoms with Crippen molar-refractivity contribution in [2.45, 2.75) is 50.7 Å². The van der Waals surface area contributed by atoms with Crippen molar-refractivity contribution < 1.29 is 27.5 Å². The largest absolute Gasteiger partial charge is 0.493 e. The lowest BCUT2D eigenvalue weighted by atomic mass is 10.0. The Morgan fingerprint density at radius 1 is 0.830 bits per heavy atom. The molecule has 0 unspecified atom stereocenters. The van der Waals surface area contributed by atoms with Gasteiger partial charge in [-0.05, 0) is 68.3 Å². The van der Waals surface area contributed by atoms with E-state index in [1.807, 2.05) is 75.4 Å². The molecule has 0 aromatic heterocycles. The highest BCUT2D eigenvalue weighted by molar-refractivity contribution is 9.10. The van der Waals surface area contributed by atoms with Crippen LogP contribution in [-0.4, -0.2) is 58.0 Å². The third kappa shape index (κ3) is 9.14. The molecule has 2 amide bonds. The average Bonchev–Trinajstić information content (AvgIpc) is 3.05. The minimum absolute atomic E-state index is 0.0163. The van der Waals surface area contributed by atoms with Crippen LogP contribution >= 0.6 is 15.9 Å². The lowest BCUT2D eigenvalue weighted by molar-refractivity contribution is -0.140. The van der Waals surface area contributed by atoms with Crippen LogP contribution in [0.2, 0.25) is 0 Å². The number of nitrogens with zero attached hydrogens (tertiary/aromatic N) is 2. The minimum atomic E-state index is -4.27. The second kappa shape index (κ2) is 16.0. The molecule has 0 aliphatic heterocycles. The Hall–Kier alpha value is -4.35. The molecule has 248 valence electrons. The zero-order chi connectivity index (χ0) is 34.1. The van der Waals surface area contributed by atoms with Gasteiger partial charge in [0, 0.05) is 29.5 Å². The number of ether oxygens (including phenoxy) is 2. The van der Waals surface area contributed by atoms with Crippen LogP contribution in [0.3, 0.4) is 0 Å². The van der Waals surface area contributed by atoms with E-state index in [4.69, 9.17) is 9.47 Å². The Morgan fingerprint density at radius 3 is 2.11 bits per heavy atom. The van der Waals surface area contributed by atoms with Gasteiger partial charge in [-0.2, -0.15) is 0 Å². The zero-order valence-electron chi connectivity index (χ0n) is 27.1. The van der Waals surface area contributed by atoms with E-state index in [0.29, 0.717) is 11.5 Å². The molecule has 9 nitrogen and oxygen atoms in total. The Bertz CT molecular complexity index is 1780. The van der Waals surface area contributed by atoms with Gasteiger partial charge >= 0.3 is 0 Å². The Balaban J connectivity index is 1.85. The molecule has 4 aromatic carbocycles. The first-order chi connectivity index (χ1) is 22.4. The van der Waals surface area contributed by atoms with Crippen LogP contribution in [0.15, 0.2) is 106 Å². The number of hydrogen-bond acceptors (Lipinski definition) is 6. The van der Waals surface area contributed by atoms with Gasteiger partial charge in [0.05, 0.1) is 24.8 Å². The molecule has 0 spiro atoms. The molecule has 0 aliphatic carbocycles. The smallest absolute Gasteiger partial charge is 0.264 e. The van der Waals surface area contributed by atoms with Crippen LogP contribution in [-0.2, 0) is 32.6 Å². The predicted octanol–water partition coefficient (Wildman–Crippen LogP) is 6.13. The van der Waals surface area contributed by atoms with Crippen molar-refractivity contribution in [2.24, 2.45) is 0 Å². The number of hydrogen-bond donors (Lipinski definition) is 1. The number of aryl methyl sites for hydroxylation is 1. The van der Waals surface area contributed by atoms with Crippen LogP contribution in [0.1, 0.15) is 30.5 Å². The Kier molecular flexibility index (Phi) is 12.1. The maximum Gasteiger partial charge on any atom is 0.264 e. The first-order valence-corrected chi connectivity index (χ1v) is 17.4. The zero-order valence-corrected chi connectivity index (χ0v) is 29.5. The summed E-state index contributed by atoms with van der Waals surface area (Å²) in [6.45, 7) is 5.04. The number of carbonyl (C=O) groups excluding carboxylic acids is 2. The molecule has 1 atom stereocenters. The fourth-order valence-corrected chi connectivity index (χ4v) is 6.97. The Morgan fingerprint density at radius 2 is 1.49 bits per heavy atom. The molecular weight excluding hydrogens is 682 g/mol. The second-order valence-electron chi connectivity index (χ2n) is 11.4. The fraction of sp³-hybridized carbons (Fsp3) is 0.278. The SMILES string of the molecule is COc1ccc(N(CC(=O)N(Cc2cccc(Br)c2)[C@@H](Cc2ccccc2)C(=O)NC(C)C)S(=O)(=O)c2ccc(C)cc2)cc1OC. The molecule has 11 heteroatoms. The van der Waals surface area contributed by atoms with E-state index >= 15 is 0 Å². The van der Waals surface area contributed by atoms with Gasteiger partial charge in [0.2, 0.25) is 11.8 Å².